The molecule has 0 aliphatic carbocycles. The third-order valence-corrected chi connectivity index (χ3v) is 4.11. The van der Waals surface area contributed by atoms with Gasteiger partial charge in [-0.1, -0.05) is 13.3 Å². The van der Waals surface area contributed by atoms with E-state index in [0.29, 0.717) is 28.1 Å². The lowest BCUT2D eigenvalue weighted by molar-refractivity contribution is 0.0607. The molecule has 0 aromatic carbocycles. The number of rotatable bonds is 4. The van der Waals surface area contributed by atoms with Gasteiger partial charge < -0.3 is 9.72 Å². The standard InChI is InChI=1S/C14H16N2O3S/c1-4-5-9-11(15-7-16-13(9)17)10-8(2)6-20-12(10)14(18)19-3/h6-7H,4-5H2,1-3H3,(H,15,16,17). The maximum atomic E-state index is 12.0. The minimum atomic E-state index is -0.400. The molecule has 0 bridgehead atoms. The second-order valence-corrected chi connectivity index (χ2v) is 5.30. The number of nitrogens with zero attached hydrogens (tertiary/aromatic N) is 1. The first kappa shape index (κ1) is 14.5. The van der Waals surface area contributed by atoms with E-state index >= 15 is 0 Å². The van der Waals surface area contributed by atoms with Crippen LogP contribution < -0.4 is 5.56 Å². The van der Waals surface area contributed by atoms with E-state index in [9.17, 15) is 9.59 Å². The summed E-state index contributed by atoms with van der Waals surface area (Å²) in [4.78, 5) is 31.2. The van der Waals surface area contributed by atoms with Crippen LogP contribution in [0, 0.1) is 6.92 Å². The van der Waals surface area contributed by atoms with Crippen molar-refractivity contribution in [2.75, 3.05) is 7.11 Å². The average Bonchev–Trinajstić information content (AvgIpc) is 2.82. The SMILES string of the molecule is CCCc1c(-c2c(C)csc2C(=O)OC)nc[nH]c1=O. The molecule has 2 aromatic rings. The first-order valence-corrected chi connectivity index (χ1v) is 7.21. The minimum Gasteiger partial charge on any atom is -0.465 e. The van der Waals surface area contributed by atoms with Crippen molar-refractivity contribution in [3.63, 3.8) is 0 Å². The Balaban J connectivity index is 2.69. The molecule has 2 rings (SSSR count). The number of H-pyrrole nitrogens is 1. The van der Waals surface area contributed by atoms with Crippen LogP contribution in [0.3, 0.4) is 0 Å². The van der Waals surface area contributed by atoms with Crippen molar-refractivity contribution in [3.05, 3.63) is 38.1 Å². The van der Waals surface area contributed by atoms with Crippen molar-refractivity contribution < 1.29 is 9.53 Å². The number of carbonyl (C=O) groups is 1. The summed E-state index contributed by atoms with van der Waals surface area (Å²) in [6.07, 6.45) is 2.82. The van der Waals surface area contributed by atoms with Crippen molar-refractivity contribution >= 4 is 17.3 Å². The second-order valence-electron chi connectivity index (χ2n) is 4.42. The van der Waals surface area contributed by atoms with Gasteiger partial charge in [0.25, 0.3) is 5.56 Å². The van der Waals surface area contributed by atoms with Crippen molar-refractivity contribution in [2.24, 2.45) is 0 Å². The molecular formula is C14H16N2O3S. The van der Waals surface area contributed by atoms with E-state index in [0.717, 1.165) is 12.0 Å². The monoisotopic (exact) mass is 292 g/mol. The van der Waals surface area contributed by atoms with Gasteiger partial charge in [0.2, 0.25) is 0 Å². The Bertz CT molecular complexity index is 688. The summed E-state index contributed by atoms with van der Waals surface area (Å²) in [6, 6.07) is 0. The summed E-state index contributed by atoms with van der Waals surface area (Å²) in [5.41, 5.74) is 2.66. The van der Waals surface area contributed by atoms with Gasteiger partial charge in [0.05, 0.1) is 19.1 Å². The number of hydrogen-bond donors (Lipinski definition) is 1. The maximum Gasteiger partial charge on any atom is 0.348 e. The molecule has 6 heteroatoms. The molecule has 20 heavy (non-hydrogen) atoms. The predicted octanol–water partition coefficient (Wildman–Crippen LogP) is 2.55. The van der Waals surface area contributed by atoms with E-state index in [4.69, 9.17) is 4.74 Å². The largest absolute Gasteiger partial charge is 0.465 e. The van der Waals surface area contributed by atoms with Gasteiger partial charge in [0.15, 0.2) is 0 Å². The van der Waals surface area contributed by atoms with Crippen molar-refractivity contribution in [3.8, 4) is 11.3 Å². The van der Waals surface area contributed by atoms with Gasteiger partial charge in [0.1, 0.15) is 4.88 Å². The number of ether oxygens (including phenoxy) is 1. The van der Waals surface area contributed by atoms with Gasteiger partial charge in [-0.2, -0.15) is 0 Å². The Kier molecular flexibility index (Phi) is 4.34. The van der Waals surface area contributed by atoms with E-state index in [2.05, 4.69) is 9.97 Å². The molecule has 0 fully saturated rings. The predicted molar refractivity (Wildman–Crippen MR) is 78.2 cm³/mol. The highest BCUT2D eigenvalue weighted by molar-refractivity contribution is 7.12. The lowest BCUT2D eigenvalue weighted by atomic mass is 10.0. The number of aromatic nitrogens is 2. The molecule has 0 unspecified atom stereocenters. The topological polar surface area (TPSA) is 72.0 Å². The van der Waals surface area contributed by atoms with E-state index < -0.39 is 5.97 Å². The highest BCUT2D eigenvalue weighted by atomic mass is 32.1. The molecule has 106 valence electrons. The molecule has 0 aliphatic heterocycles. The van der Waals surface area contributed by atoms with Crippen LogP contribution >= 0.6 is 11.3 Å². The lowest BCUT2D eigenvalue weighted by Crippen LogP contribution is -2.15. The van der Waals surface area contributed by atoms with Crippen LogP contribution in [0.4, 0.5) is 0 Å². The summed E-state index contributed by atoms with van der Waals surface area (Å²) in [5, 5.41) is 1.88. The molecule has 0 saturated carbocycles. The number of thiophene rings is 1. The third-order valence-electron chi connectivity index (χ3n) is 3.03. The second kappa shape index (κ2) is 6.00. The van der Waals surface area contributed by atoms with E-state index in [1.807, 2.05) is 19.2 Å². The smallest absolute Gasteiger partial charge is 0.348 e. The van der Waals surface area contributed by atoms with Crippen molar-refractivity contribution in [2.45, 2.75) is 26.7 Å². The number of methoxy groups -OCH3 is 1. The Labute approximate surface area is 120 Å². The lowest BCUT2D eigenvalue weighted by Gasteiger charge is -2.08. The molecule has 5 nitrogen and oxygen atoms in total. The van der Waals surface area contributed by atoms with Gasteiger partial charge >= 0.3 is 5.97 Å². The Hall–Kier alpha value is -1.95. The number of aromatic amines is 1. The molecule has 0 aliphatic rings. The summed E-state index contributed by atoms with van der Waals surface area (Å²) >= 11 is 1.31. The normalized spacial score (nSPS) is 10.6. The van der Waals surface area contributed by atoms with Crippen LogP contribution in [-0.4, -0.2) is 23.0 Å². The van der Waals surface area contributed by atoms with E-state index in [-0.39, 0.29) is 5.56 Å². The summed E-state index contributed by atoms with van der Waals surface area (Å²) in [7, 11) is 1.35. The van der Waals surface area contributed by atoms with Gasteiger partial charge in [-0.05, 0) is 24.3 Å². The number of esters is 1. The Morgan fingerprint density at radius 3 is 2.90 bits per heavy atom. The highest BCUT2D eigenvalue weighted by Crippen LogP contribution is 2.33. The first-order chi connectivity index (χ1) is 9.60. The number of carbonyl (C=O) groups excluding carboxylic acids is 1. The molecule has 0 spiro atoms. The fourth-order valence-electron chi connectivity index (χ4n) is 2.11. The van der Waals surface area contributed by atoms with Gasteiger partial charge in [0, 0.05) is 11.1 Å². The van der Waals surface area contributed by atoms with E-state index in [1.165, 1.54) is 24.8 Å². The van der Waals surface area contributed by atoms with Crippen LogP contribution in [0.5, 0.6) is 0 Å². The third kappa shape index (κ3) is 2.51. The first-order valence-electron chi connectivity index (χ1n) is 6.33. The highest BCUT2D eigenvalue weighted by Gasteiger charge is 2.22. The van der Waals surface area contributed by atoms with Crippen molar-refractivity contribution in [1.29, 1.82) is 0 Å². The van der Waals surface area contributed by atoms with Crippen LogP contribution in [-0.2, 0) is 11.2 Å². The summed E-state index contributed by atoms with van der Waals surface area (Å²) in [5.74, 6) is -0.400. The molecule has 0 amide bonds. The summed E-state index contributed by atoms with van der Waals surface area (Å²) in [6.45, 7) is 3.90. The fourth-order valence-corrected chi connectivity index (χ4v) is 3.07. The zero-order valence-electron chi connectivity index (χ0n) is 11.6. The zero-order chi connectivity index (χ0) is 14.7. The Morgan fingerprint density at radius 1 is 1.50 bits per heavy atom. The molecular weight excluding hydrogens is 276 g/mol. The van der Waals surface area contributed by atoms with Gasteiger partial charge in [-0.3, -0.25) is 4.79 Å². The van der Waals surface area contributed by atoms with Crippen LogP contribution in [0.15, 0.2) is 16.5 Å². The van der Waals surface area contributed by atoms with Crippen molar-refractivity contribution in [1.82, 2.24) is 9.97 Å². The molecule has 2 heterocycles. The molecule has 1 N–H and O–H groups in total. The quantitative estimate of drug-likeness (QED) is 0.879. The van der Waals surface area contributed by atoms with Crippen LogP contribution in [0.2, 0.25) is 0 Å². The number of aryl methyl sites for hydroxylation is 1. The number of hydrogen-bond acceptors (Lipinski definition) is 5. The van der Waals surface area contributed by atoms with Gasteiger partial charge in [-0.15, -0.1) is 11.3 Å². The Morgan fingerprint density at radius 2 is 2.25 bits per heavy atom. The van der Waals surface area contributed by atoms with Crippen LogP contribution in [0.25, 0.3) is 11.3 Å². The minimum absolute atomic E-state index is 0.154. The van der Waals surface area contributed by atoms with Crippen LogP contribution in [0.1, 0.15) is 34.1 Å². The summed E-state index contributed by atoms with van der Waals surface area (Å²) < 4.78 is 4.80. The fraction of sp³-hybridized carbons (Fsp3) is 0.357. The molecule has 0 atom stereocenters. The molecule has 0 radical (unpaired) electrons. The zero-order valence-corrected chi connectivity index (χ0v) is 12.5. The maximum absolute atomic E-state index is 12.0. The van der Waals surface area contributed by atoms with Gasteiger partial charge in [-0.25, -0.2) is 9.78 Å². The number of nitrogens with one attached hydrogen (secondary N) is 1. The molecule has 2 aromatic heterocycles. The van der Waals surface area contributed by atoms with E-state index in [1.54, 1.807) is 0 Å². The molecule has 0 saturated heterocycles. The average molecular weight is 292 g/mol.